The first-order valence-electron chi connectivity index (χ1n) is 6.36. The summed E-state index contributed by atoms with van der Waals surface area (Å²) in [4.78, 5) is 37.2. The summed E-state index contributed by atoms with van der Waals surface area (Å²) in [5.74, 6) is -1.25. The number of likely N-dealkylation sites (N-methyl/N-ethyl adjacent to an activating group) is 1. The summed E-state index contributed by atoms with van der Waals surface area (Å²) in [6.07, 6.45) is 1.14. The van der Waals surface area contributed by atoms with Gasteiger partial charge in [-0.1, -0.05) is 0 Å². The lowest BCUT2D eigenvalue weighted by Gasteiger charge is -2.27. The number of carbonyl (C=O) groups is 3. The van der Waals surface area contributed by atoms with Gasteiger partial charge in [-0.3, -0.25) is 4.79 Å². The van der Waals surface area contributed by atoms with E-state index in [9.17, 15) is 14.4 Å². The molecule has 1 heterocycles. The van der Waals surface area contributed by atoms with Crippen LogP contribution in [0.3, 0.4) is 0 Å². The van der Waals surface area contributed by atoms with Crippen LogP contribution in [0.5, 0.6) is 0 Å². The van der Waals surface area contributed by atoms with Crippen LogP contribution in [0.15, 0.2) is 0 Å². The molecule has 0 spiro atoms. The number of carbonyl (C=O) groups excluding carboxylic acids is 2. The van der Waals surface area contributed by atoms with Gasteiger partial charge >= 0.3 is 12.0 Å². The van der Waals surface area contributed by atoms with E-state index in [0.29, 0.717) is 19.4 Å². The van der Waals surface area contributed by atoms with Crippen LogP contribution in [0.2, 0.25) is 0 Å². The molecule has 108 valence electrons. The van der Waals surface area contributed by atoms with Gasteiger partial charge in [-0.05, 0) is 26.7 Å². The molecular formula is C12H21N3O4. The fraction of sp³-hybridized carbons (Fsp3) is 0.750. The van der Waals surface area contributed by atoms with E-state index in [1.807, 2.05) is 13.8 Å². The number of amides is 3. The van der Waals surface area contributed by atoms with Crippen LogP contribution >= 0.6 is 0 Å². The Balaban J connectivity index is 2.57. The Hall–Kier alpha value is -1.79. The smallest absolute Gasteiger partial charge is 0.326 e. The Morgan fingerprint density at radius 3 is 2.58 bits per heavy atom. The van der Waals surface area contributed by atoms with Crippen LogP contribution < -0.4 is 5.32 Å². The van der Waals surface area contributed by atoms with Crippen molar-refractivity contribution in [2.24, 2.45) is 0 Å². The molecule has 7 nitrogen and oxygen atoms in total. The van der Waals surface area contributed by atoms with Crippen LogP contribution in [0.1, 0.15) is 26.7 Å². The van der Waals surface area contributed by atoms with Gasteiger partial charge in [0.05, 0.1) is 0 Å². The third kappa shape index (κ3) is 4.11. The van der Waals surface area contributed by atoms with Crippen LogP contribution in [0.4, 0.5) is 4.79 Å². The second-order valence-electron chi connectivity index (χ2n) is 5.05. The number of hydrogen-bond acceptors (Lipinski definition) is 3. The predicted molar refractivity (Wildman–Crippen MR) is 68.7 cm³/mol. The van der Waals surface area contributed by atoms with Crippen molar-refractivity contribution in [2.75, 3.05) is 20.1 Å². The molecule has 0 aromatic rings. The molecule has 0 bridgehead atoms. The molecule has 1 unspecified atom stereocenters. The molecule has 1 aliphatic rings. The molecule has 19 heavy (non-hydrogen) atoms. The quantitative estimate of drug-likeness (QED) is 0.759. The second-order valence-corrected chi connectivity index (χ2v) is 5.05. The van der Waals surface area contributed by atoms with E-state index in [1.54, 1.807) is 0 Å². The molecule has 2 N–H and O–H groups in total. The fourth-order valence-corrected chi connectivity index (χ4v) is 2.12. The lowest BCUT2D eigenvalue weighted by molar-refractivity contribution is -0.141. The highest BCUT2D eigenvalue weighted by Gasteiger charge is 2.35. The Labute approximate surface area is 112 Å². The first-order valence-corrected chi connectivity index (χ1v) is 6.36. The second kappa shape index (κ2) is 6.40. The summed E-state index contributed by atoms with van der Waals surface area (Å²) in [6.45, 7) is 4.02. The minimum atomic E-state index is -0.995. The van der Waals surface area contributed by atoms with Gasteiger partial charge in [0.2, 0.25) is 5.91 Å². The third-order valence-corrected chi connectivity index (χ3v) is 2.94. The predicted octanol–water partition coefficient (Wildman–Crippen LogP) is 0.112. The van der Waals surface area contributed by atoms with Gasteiger partial charge in [0.15, 0.2) is 0 Å². The van der Waals surface area contributed by atoms with Crippen molar-refractivity contribution in [1.82, 2.24) is 15.1 Å². The van der Waals surface area contributed by atoms with E-state index in [2.05, 4.69) is 5.32 Å². The molecule has 7 heteroatoms. The minimum Gasteiger partial charge on any atom is -0.480 e. The molecule has 0 aromatic carbocycles. The molecule has 1 rings (SSSR count). The number of carboxylic acid groups (broad SMARTS) is 1. The summed E-state index contributed by atoms with van der Waals surface area (Å²) >= 11 is 0. The number of nitrogens with zero attached hydrogens (tertiary/aromatic N) is 2. The van der Waals surface area contributed by atoms with Crippen molar-refractivity contribution in [3.63, 3.8) is 0 Å². The number of rotatable bonds is 4. The molecular weight excluding hydrogens is 250 g/mol. The first kappa shape index (κ1) is 15.3. The monoisotopic (exact) mass is 271 g/mol. The van der Waals surface area contributed by atoms with Crippen molar-refractivity contribution in [3.8, 4) is 0 Å². The zero-order chi connectivity index (χ0) is 14.6. The highest BCUT2D eigenvalue weighted by Crippen LogP contribution is 2.18. The first-order chi connectivity index (χ1) is 8.82. The summed E-state index contributed by atoms with van der Waals surface area (Å²) < 4.78 is 0. The van der Waals surface area contributed by atoms with E-state index in [4.69, 9.17) is 5.11 Å². The Morgan fingerprint density at radius 2 is 2.05 bits per heavy atom. The van der Waals surface area contributed by atoms with E-state index in [-0.39, 0.29) is 18.5 Å². The topological polar surface area (TPSA) is 90.0 Å². The van der Waals surface area contributed by atoms with Crippen molar-refractivity contribution in [1.29, 1.82) is 0 Å². The average Bonchev–Trinajstić information content (AvgIpc) is 2.75. The standard InChI is InChI=1S/C12H21N3O4/c1-8(2)13-10(16)7-14(3)12(19)15-6-4-5-9(15)11(17)18/h8-9H,4-7H2,1-3H3,(H,13,16)(H,17,18). The number of nitrogens with one attached hydrogen (secondary N) is 1. The molecule has 0 radical (unpaired) electrons. The number of likely N-dealkylation sites (tertiary alicyclic amines) is 1. The van der Waals surface area contributed by atoms with Crippen molar-refractivity contribution in [2.45, 2.75) is 38.8 Å². The maximum atomic E-state index is 12.1. The molecule has 1 fully saturated rings. The summed E-state index contributed by atoms with van der Waals surface area (Å²) in [5.41, 5.74) is 0. The number of aliphatic carboxylic acids is 1. The van der Waals surface area contributed by atoms with Crippen LogP contribution in [0.25, 0.3) is 0 Å². The van der Waals surface area contributed by atoms with E-state index in [0.717, 1.165) is 0 Å². The van der Waals surface area contributed by atoms with E-state index in [1.165, 1.54) is 16.8 Å². The summed E-state index contributed by atoms with van der Waals surface area (Å²) in [7, 11) is 1.50. The van der Waals surface area contributed by atoms with Crippen molar-refractivity contribution in [3.05, 3.63) is 0 Å². The van der Waals surface area contributed by atoms with Crippen LogP contribution in [-0.4, -0.2) is 65.0 Å². The average molecular weight is 271 g/mol. The number of carboxylic acids is 1. The zero-order valence-electron chi connectivity index (χ0n) is 11.5. The van der Waals surface area contributed by atoms with Gasteiger partial charge < -0.3 is 20.2 Å². The van der Waals surface area contributed by atoms with Crippen molar-refractivity contribution < 1.29 is 19.5 Å². The number of urea groups is 1. The normalized spacial score (nSPS) is 18.5. The van der Waals surface area contributed by atoms with E-state index < -0.39 is 18.0 Å². The van der Waals surface area contributed by atoms with Crippen LogP contribution in [0, 0.1) is 0 Å². The lowest BCUT2D eigenvalue weighted by Crippen LogP contribution is -2.49. The molecule has 0 saturated carbocycles. The van der Waals surface area contributed by atoms with Crippen molar-refractivity contribution >= 4 is 17.9 Å². The minimum absolute atomic E-state index is 0.00885. The number of hydrogen-bond donors (Lipinski definition) is 2. The van der Waals surface area contributed by atoms with E-state index >= 15 is 0 Å². The zero-order valence-corrected chi connectivity index (χ0v) is 11.5. The van der Waals surface area contributed by atoms with Gasteiger partial charge in [0, 0.05) is 19.6 Å². The maximum absolute atomic E-state index is 12.1. The largest absolute Gasteiger partial charge is 0.480 e. The van der Waals surface area contributed by atoms with Gasteiger partial charge in [0.25, 0.3) is 0 Å². The van der Waals surface area contributed by atoms with Gasteiger partial charge in [0.1, 0.15) is 12.6 Å². The van der Waals surface area contributed by atoms with Gasteiger partial charge in [-0.15, -0.1) is 0 Å². The Morgan fingerprint density at radius 1 is 1.42 bits per heavy atom. The fourth-order valence-electron chi connectivity index (χ4n) is 2.12. The Bertz CT molecular complexity index is 370. The molecule has 0 aromatic heterocycles. The molecule has 0 aliphatic carbocycles. The van der Waals surface area contributed by atoms with Gasteiger partial charge in [-0.2, -0.15) is 0 Å². The lowest BCUT2D eigenvalue weighted by atomic mass is 10.2. The highest BCUT2D eigenvalue weighted by atomic mass is 16.4. The highest BCUT2D eigenvalue weighted by molar-refractivity contribution is 5.87. The molecule has 1 atom stereocenters. The van der Waals surface area contributed by atoms with Crippen LogP contribution in [-0.2, 0) is 9.59 Å². The van der Waals surface area contributed by atoms with Gasteiger partial charge in [-0.25, -0.2) is 9.59 Å². The molecule has 1 saturated heterocycles. The Kier molecular flexibility index (Phi) is 5.14. The third-order valence-electron chi connectivity index (χ3n) is 2.94. The molecule has 1 aliphatic heterocycles. The summed E-state index contributed by atoms with van der Waals surface area (Å²) in [6, 6.07) is -1.18. The summed E-state index contributed by atoms with van der Waals surface area (Å²) in [5, 5.41) is 11.7. The SMILES string of the molecule is CC(C)NC(=O)CN(C)C(=O)N1CCCC1C(=O)O. The molecule has 3 amide bonds. The maximum Gasteiger partial charge on any atom is 0.326 e.